The maximum Gasteiger partial charge on any atom is 0.161 e. The molecular formula is C15H22N2O3. The van der Waals surface area contributed by atoms with Gasteiger partial charge in [-0.15, -0.1) is 0 Å². The summed E-state index contributed by atoms with van der Waals surface area (Å²) in [5.74, 6) is 1.51. The number of hydrogen-bond acceptors (Lipinski definition) is 5. The molecule has 1 aromatic rings. The first-order valence-electron chi connectivity index (χ1n) is 7.21. The number of rotatable bonds is 3. The Hall–Kier alpha value is -1.30. The van der Waals surface area contributed by atoms with Gasteiger partial charge in [-0.05, 0) is 24.7 Å². The summed E-state index contributed by atoms with van der Waals surface area (Å²) < 4.78 is 11.1. The maximum absolute atomic E-state index is 10.4. The predicted octanol–water partition coefficient (Wildman–Crippen LogP) is 0.739. The monoisotopic (exact) mass is 278 g/mol. The topological polar surface area (TPSA) is 45.2 Å². The molecule has 1 N–H and O–H groups in total. The van der Waals surface area contributed by atoms with E-state index in [0.717, 1.165) is 43.2 Å². The number of β-amino-alcohol motifs (C(OH)–C–C–N with tert-alkyl or cyclic N) is 1. The predicted molar refractivity (Wildman–Crippen MR) is 76.3 cm³/mol. The fourth-order valence-corrected chi connectivity index (χ4v) is 2.65. The molecule has 0 radical (unpaired) electrons. The van der Waals surface area contributed by atoms with Crippen molar-refractivity contribution in [3.05, 3.63) is 23.8 Å². The largest absolute Gasteiger partial charge is 0.486 e. The van der Waals surface area contributed by atoms with Crippen LogP contribution in [0.4, 0.5) is 0 Å². The van der Waals surface area contributed by atoms with Gasteiger partial charge in [0.15, 0.2) is 11.5 Å². The Morgan fingerprint density at radius 1 is 1.10 bits per heavy atom. The summed E-state index contributed by atoms with van der Waals surface area (Å²) in [5.41, 5.74) is 0.896. The van der Waals surface area contributed by atoms with Gasteiger partial charge in [-0.1, -0.05) is 6.07 Å². The molecule has 20 heavy (non-hydrogen) atoms. The Kier molecular flexibility index (Phi) is 4.10. The summed E-state index contributed by atoms with van der Waals surface area (Å²) in [6, 6.07) is 5.71. The number of likely N-dealkylation sites (N-methyl/N-ethyl adjacent to an activating group) is 1. The molecule has 2 aliphatic rings. The molecule has 0 amide bonds. The summed E-state index contributed by atoms with van der Waals surface area (Å²) in [5, 5.41) is 10.4. The molecule has 1 atom stereocenters. The fraction of sp³-hybridized carbons (Fsp3) is 0.600. The standard InChI is InChI=1S/C15H22N2O3/c1-16-4-6-17(7-5-16)11-13(18)12-2-3-14-15(10-12)20-9-8-19-14/h2-3,10,13,18H,4-9,11H2,1H3. The molecule has 2 aliphatic heterocycles. The lowest BCUT2D eigenvalue weighted by Gasteiger charge is -2.33. The molecule has 3 rings (SSSR count). The van der Waals surface area contributed by atoms with Gasteiger partial charge in [0.1, 0.15) is 13.2 Å². The van der Waals surface area contributed by atoms with Crippen molar-refractivity contribution in [3.8, 4) is 11.5 Å². The number of benzene rings is 1. The first-order chi connectivity index (χ1) is 9.72. The van der Waals surface area contributed by atoms with Crippen molar-refractivity contribution in [3.63, 3.8) is 0 Å². The van der Waals surface area contributed by atoms with Gasteiger partial charge < -0.3 is 19.5 Å². The molecule has 110 valence electrons. The van der Waals surface area contributed by atoms with Crippen molar-refractivity contribution < 1.29 is 14.6 Å². The van der Waals surface area contributed by atoms with Gasteiger partial charge in [0.05, 0.1) is 6.10 Å². The van der Waals surface area contributed by atoms with Crippen LogP contribution in [-0.2, 0) is 0 Å². The Morgan fingerprint density at radius 2 is 1.80 bits per heavy atom. The highest BCUT2D eigenvalue weighted by molar-refractivity contribution is 5.44. The third kappa shape index (κ3) is 3.06. The van der Waals surface area contributed by atoms with Crippen molar-refractivity contribution in [2.24, 2.45) is 0 Å². The van der Waals surface area contributed by atoms with Crippen LogP contribution < -0.4 is 9.47 Å². The minimum absolute atomic E-state index is 0.478. The van der Waals surface area contributed by atoms with Gasteiger partial charge in [-0.3, -0.25) is 4.90 Å². The SMILES string of the molecule is CN1CCN(CC(O)c2ccc3c(c2)OCCO3)CC1. The van der Waals surface area contributed by atoms with Gasteiger partial charge >= 0.3 is 0 Å². The average Bonchev–Trinajstić information content (AvgIpc) is 2.49. The fourth-order valence-electron chi connectivity index (χ4n) is 2.65. The highest BCUT2D eigenvalue weighted by Crippen LogP contribution is 2.32. The Balaban J connectivity index is 1.63. The molecule has 0 bridgehead atoms. The van der Waals surface area contributed by atoms with E-state index in [0.29, 0.717) is 19.8 Å². The zero-order chi connectivity index (χ0) is 13.9. The van der Waals surface area contributed by atoms with E-state index in [4.69, 9.17) is 9.47 Å². The second-order valence-corrected chi connectivity index (χ2v) is 5.52. The van der Waals surface area contributed by atoms with Crippen molar-refractivity contribution in [1.82, 2.24) is 9.80 Å². The lowest BCUT2D eigenvalue weighted by atomic mass is 10.1. The highest BCUT2D eigenvalue weighted by Gasteiger charge is 2.20. The Labute approximate surface area is 119 Å². The van der Waals surface area contributed by atoms with Crippen molar-refractivity contribution in [2.45, 2.75) is 6.10 Å². The van der Waals surface area contributed by atoms with E-state index in [1.165, 1.54) is 0 Å². The van der Waals surface area contributed by atoms with Gasteiger partial charge in [-0.25, -0.2) is 0 Å². The summed E-state index contributed by atoms with van der Waals surface area (Å²) in [4.78, 5) is 4.62. The first kappa shape index (κ1) is 13.7. The van der Waals surface area contributed by atoms with Crippen molar-refractivity contribution in [2.75, 3.05) is 53.0 Å². The highest BCUT2D eigenvalue weighted by atomic mass is 16.6. The normalized spacial score (nSPS) is 21.7. The molecule has 2 heterocycles. The summed E-state index contributed by atoms with van der Waals surface area (Å²) in [7, 11) is 2.13. The number of piperazine rings is 1. The van der Waals surface area contributed by atoms with Crippen LogP contribution in [0.25, 0.3) is 0 Å². The quantitative estimate of drug-likeness (QED) is 0.883. The number of fused-ring (bicyclic) bond motifs is 1. The van der Waals surface area contributed by atoms with E-state index in [1.54, 1.807) is 0 Å². The van der Waals surface area contributed by atoms with Crippen LogP contribution in [0.15, 0.2) is 18.2 Å². The minimum atomic E-state index is -0.478. The van der Waals surface area contributed by atoms with Gasteiger partial charge in [0, 0.05) is 32.7 Å². The van der Waals surface area contributed by atoms with Crippen LogP contribution >= 0.6 is 0 Å². The summed E-state index contributed by atoms with van der Waals surface area (Å²) in [6.45, 7) is 5.99. The summed E-state index contributed by atoms with van der Waals surface area (Å²) >= 11 is 0. The third-order valence-electron chi connectivity index (χ3n) is 3.98. The van der Waals surface area contributed by atoms with Crippen LogP contribution in [0.1, 0.15) is 11.7 Å². The van der Waals surface area contributed by atoms with Crippen LogP contribution in [0, 0.1) is 0 Å². The zero-order valence-corrected chi connectivity index (χ0v) is 11.9. The molecule has 5 heteroatoms. The van der Waals surface area contributed by atoms with E-state index in [9.17, 15) is 5.11 Å². The Bertz CT molecular complexity index is 458. The molecule has 5 nitrogen and oxygen atoms in total. The van der Waals surface area contributed by atoms with Gasteiger partial charge in [-0.2, -0.15) is 0 Å². The first-order valence-corrected chi connectivity index (χ1v) is 7.21. The average molecular weight is 278 g/mol. The number of nitrogens with zero attached hydrogens (tertiary/aromatic N) is 2. The molecular weight excluding hydrogens is 256 g/mol. The van der Waals surface area contributed by atoms with E-state index in [-0.39, 0.29) is 0 Å². The van der Waals surface area contributed by atoms with E-state index < -0.39 is 6.10 Å². The number of hydrogen-bond donors (Lipinski definition) is 1. The van der Waals surface area contributed by atoms with Gasteiger partial charge in [0.2, 0.25) is 0 Å². The molecule has 0 aromatic heterocycles. The molecule has 1 aromatic carbocycles. The second-order valence-electron chi connectivity index (χ2n) is 5.52. The van der Waals surface area contributed by atoms with Crippen LogP contribution in [0.3, 0.4) is 0 Å². The van der Waals surface area contributed by atoms with E-state index >= 15 is 0 Å². The minimum Gasteiger partial charge on any atom is -0.486 e. The van der Waals surface area contributed by atoms with Crippen LogP contribution in [-0.4, -0.2) is 67.9 Å². The summed E-state index contributed by atoms with van der Waals surface area (Å²) in [6.07, 6.45) is -0.478. The molecule has 0 spiro atoms. The van der Waals surface area contributed by atoms with Gasteiger partial charge in [0.25, 0.3) is 0 Å². The number of aliphatic hydroxyl groups excluding tert-OH is 1. The number of ether oxygens (including phenoxy) is 2. The molecule has 1 saturated heterocycles. The van der Waals surface area contributed by atoms with E-state index in [1.807, 2.05) is 18.2 Å². The van der Waals surface area contributed by atoms with Crippen molar-refractivity contribution in [1.29, 1.82) is 0 Å². The second kappa shape index (κ2) is 5.99. The van der Waals surface area contributed by atoms with E-state index in [2.05, 4.69) is 16.8 Å². The maximum atomic E-state index is 10.4. The lowest BCUT2D eigenvalue weighted by molar-refractivity contribution is 0.0800. The molecule has 0 saturated carbocycles. The van der Waals surface area contributed by atoms with Crippen molar-refractivity contribution >= 4 is 0 Å². The molecule has 1 unspecified atom stereocenters. The lowest BCUT2D eigenvalue weighted by Crippen LogP contribution is -2.45. The van der Waals surface area contributed by atoms with Crippen LogP contribution in [0.5, 0.6) is 11.5 Å². The molecule has 1 fully saturated rings. The van der Waals surface area contributed by atoms with Crippen LogP contribution in [0.2, 0.25) is 0 Å². The molecule has 0 aliphatic carbocycles. The third-order valence-corrected chi connectivity index (χ3v) is 3.98. The number of aliphatic hydroxyl groups is 1. The Morgan fingerprint density at radius 3 is 2.55 bits per heavy atom. The smallest absolute Gasteiger partial charge is 0.161 e. The zero-order valence-electron chi connectivity index (χ0n) is 11.9.